The molecule has 0 spiro atoms. The number of benzene rings is 1. The Hall–Kier alpha value is -2.89. The van der Waals surface area contributed by atoms with Crippen LogP contribution >= 0.6 is 0 Å². The van der Waals surface area contributed by atoms with E-state index < -0.39 is 0 Å². The number of aromatic nitrogens is 5. The van der Waals surface area contributed by atoms with Crippen molar-refractivity contribution in [2.24, 2.45) is 7.05 Å². The lowest BCUT2D eigenvalue weighted by Gasteiger charge is -1.96. The Bertz CT molecular complexity index is 1040. The molecular weight excluding hydrogens is 266 g/mol. The summed E-state index contributed by atoms with van der Waals surface area (Å²) in [7, 11) is 1.74. The van der Waals surface area contributed by atoms with E-state index in [0.29, 0.717) is 0 Å². The smallest absolute Gasteiger partial charge is 0.326 e. The van der Waals surface area contributed by atoms with E-state index in [9.17, 15) is 4.79 Å². The van der Waals surface area contributed by atoms with Crippen LogP contribution in [0.15, 0.2) is 35.3 Å². The lowest BCUT2D eigenvalue weighted by Crippen LogP contribution is -2.11. The predicted molar refractivity (Wildman–Crippen MR) is 81.2 cm³/mol. The Morgan fingerprint density at radius 2 is 2.00 bits per heavy atom. The molecule has 0 saturated carbocycles. The van der Waals surface area contributed by atoms with Crippen molar-refractivity contribution in [3.63, 3.8) is 0 Å². The van der Waals surface area contributed by atoms with E-state index in [1.165, 1.54) is 0 Å². The van der Waals surface area contributed by atoms with Gasteiger partial charge in [0.25, 0.3) is 0 Å². The van der Waals surface area contributed by atoms with Crippen molar-refractivity contribution in [2.75, 3.05) is 0 Å². The van der Waals surface area contributed by atoms with Crippen LogP contribution < -0.4 is 5.69 Å². The number of nitrogens with one attached hydrogen (secondary N) is 2. The molecule has 6 nitrogen and oxygen atoms in total. The molecule has 0 saturated heterocycles. The first-order chi connectivity index (χ1) is 10.1. The second kappa shape index (κ2) is 4.05. The number of aromatic amines is 2. The Kier molecular flexibility index (Phi) is 2.29. The number of nitrogens with zero attached hydrogens (tertiary/aromatic N) is 3. The molecule has 4 rings (SSSR count). The molecule has 104 valence electrons. The normalized spacial score (nSPS) is 11.5. The van der Waals surface area contributed by atoms with Crippen molar-refractivity contribution >= 4 is 22.1 Å². The fraction of sp³-hybridized carbons (Fsp3) is 0.133. The van der Waals surface area contributed by atoms with Gasteiger partial charge in [0.1, 0.15) is 5.82 Å². The number of fused-ring (bicyclic) bond motifs is 2. The summed E-state index contributed by atoms with van der Waals surface area (Å²) in [4.78, 5) is 26.6. The van der Waals surface area contributed by atoms with E-state index >= 15 is 0 Å². The van der Waals surface area contributed by atoms with Crippen molar-refractivity contribution in [1.82, 2.24) is 24.5 Å². The highest BCUT2D eigenvalue weighted by Gasteiger charge is 2.10. The van der Waals surface area contributed by atoms with Gasteiger partial charge in [0.05, 0.1) is 22.1 Å². The maximum absolute atomic E-state index is 11.6. The molecule has 2 N–H and O–H groups in total. The van der Waals surface area contributed by atoms with Crippen LogP contribution in [0.1, 0.15) is 5.69 Å². The molecule has 0 unspecified atom stereocenters. The molecule has 3 aromatic heterocycles. The van der Waals surface area contributed by atoms with Crippen molar-refractivity contribution in [1.29, 1.82) is 0 Å². The van der Waals surface area contributed by atoms with E-state index in [-0.39, 0.29) is 5.69 Å². The van der Waals surface area contributed by atoms with Gasteiger partial charge in [-0.3, -0.25) is 9.55 Å². The largest absolute Gasteiger partial charge is 0.338 e. The van der Waals surface area contributed by atoms with Gasteiger partial charge in [-0.15, -0.1) is 0 Å². The van der Waals surface area contributed by atoms with Crippen molar-refractivity contribution in [3.05, 3.63) is 46.6 Å². The minimum absolute atomic E-state index is 0.123. The molecule has 0 atom stereocenters. The van der Waals surface area contributed by atoms with Crippen LogP contribution in [0.3, 0.4) is 0 Å². The summed E-state index contributed by atoms with van der Waals surface area (Å²) in [5.41, 5.74) is 5.20. The van der Waals surface area contributed by atoms with Crippen LogP contribution in [0.4, 0.5) is 0 Å². The molecule has 1 aromatic carbocycles. The van der Waals surface area contributed by atoms with Gasteiger partial charge in [-0.1, -0.05) is 0 Å². The van der Waals surface area contributed by atoms with Crippen LogP contribution in [0.2, 0.25) is 0 Å². The maximum Gasteiger partial charge on any atom is 0.326 e. The molecule has 0 fully saturated rings. The van der Waals surface area contributed by atoms with Crippen LogP contribution in [-0.2, 0) is 7.05 Å². The molecule has 0 aliphatic heterocycles. The number of rotatable bonds is 1. The van der Waals surface area contributed by atoms with Crippen LogP contribution in [0.25, 0.3) is 33.5 Å². The molecule has 0 amide bonds. The highest BCUT2D eigenvalue weighted by molar-refractivity contribution is 5.92. The Labute approximate surface area is 119 Å². The minimum atomic E-state index is -0.123. The van der Waals surface area contributed by atoms with Gasteiger partial charge < -0.3 is 9.97 Å². The standard InChI is InChI=1S/C15H13N5O/c1-8-5-9(3-4-16-8)14-17-10-6-12-13(7-11(10)18-14)20(2)15(21)19-12/h3-7H,1-2H3,(H,17,18)(H,19,21). The number of hydrogen-bond donors (Lipinski definition) is 2. The quantitative estimate of drug-likeness (QED) is 0.560. The Morgan fingerprint density at radius 1 is 1.14 bits per heavy atom. The fourth-order valence-corrected chi connectivity index (χ4v) is 2.56. The molecule has 0 bridgehead atoms. The number of hydrogen-bond acceptors (Lipinski definition) is 3. The van der Waals surface area contributed by atoms with E-state index in [2.05, 4.69) is 19.9 Å². The summed E-state index contributed by atoms with van der Waals surface area (Å²) < 4.78 is 1.58. The summed E-state index contributed by atoms with van der Waals surface area (Å²) in [6, 6.07) is 7.73. The van der Waals surface area contributed by atoms with Crippen LogP contribution in [0.5, 0.6) is 0 Å². The second-order valence-corrected chi connectivity index (χ2v) is 5.15. The van der Waals surface area contributed by atoms with Gasteiger partial charge in [0, 0.05) is 24.5 Å². The summed E-state index contributed by atoms with van der Waals surface area (Å²) in [6.07, 6.45) is 1.77. The van der Waals surface area contributed by atoms with Crippen LogP contribution in [-0.4, -0.2) is 24.5 Å². The molecule has 21 heavy (non-hydrogen) atoms. The third-order valence-corrected chi connectivity index (χ3v) is 3.68. The first-order valence-corrected chi connectivity index (χ1v) is 6.63. The number of pyridine rings is 1. The summed E-state index contributed by atoms with van der Waals surface area (Å²) in [6.45, 7) is 1.95. The molecular formula is C15H13N5O. The lowest BCUT2D eigenvalue weighted by atomic mass is 10.2. The molecule has 0 aliphatic rings. The topological polar surface area (TPSA) is 79.4 Å². The van der Waals surface area contributed by atoms with E-state index in [1.807, 2.05) is 31.2 Å². The van der Waals surface area contributed by atoms with Crippen molar-refractivity contribution < 1.29 is 0 Å². The monoisotopic (exact) mass is 279 g/mol. The minimum Gasteiger partial charge on any atom is -0.338 e. The summed E-state index contributed by atoms with van der Waals surface area (Å²) in [5.74, 6) is 0.799. The number of H-pyrrole nitrogens is 2. The van der Waals surface area contributed by atoms with E-state index in [0.717, 1.165) is 39.1 Å². The van der Waals surface area contributed by atoms with Gasteiger partial charge in [-0.05, 0) is 31.2 Å². The van der Waals surface area contributed by atoms with Crippen LogP contribution in [0, 0.1) is 6.92 Å². The van der Waals surface area contributed by atoms with Gasteiger partial charge in [-0.2, -0.15) is 0 Å². The molecule has 6 heteroatoms. The zero-order valence-corrected chi connectivity index (χ0v) is 11.6. The SMILES string of the molecule is Cc1cc(-c2nc3cc4c(cc3[nH]2)[nH]c(=O)n4C)ccn1. The zero-order valence-electron chi connectivity index (χ0n) is 11.6. The average Bonchev–Trinajstić information content (AvgIpc) is 2.99. The van der Waals surface area contributed by atoms with Gasteiger partial charge >= 0.3 is 5.69 Å². The van der Waals surface area contributed by atoms with Gasteiger partial charge in [0.15, 0.2) is 0 Å². The Morgan fingerprint density at radius 3 is 2.81 bits per heavy atom. The van der Waals surface area contributed by atoms with E-state index in [4.69, 9.17) is 0 Å². The highest BCUT2D eigenvalue weighted by Crippen LogP contribution is 2.23. The summed E-state index contributed by atoms with van der Waals surface area (Å²) >= 11 is 0. The molecule has 0 radical (unpaired) electrons. The molecule has 0 aliphatic carbocycles. The Balaban J connectivity index is 1.98. The molecule has 4 aromatic rings. The number of aryl methyl sites for hydroxylation is 2. The first kappa shape index (κ1) is 11.9. The second-order valence-electron chi connectivity index (χ2n) is 5.15. The van der Waals surface area contributed by atoms with Crippen molar-refractivity contribution in [3.8, 4) is 11.4 Å². The summed E-state index contributed by atoms with van der Waals surface area (Å²) in [5, 5.41) is 0. The zero-order chi connectivity index (χ0) is 14.6. The lowest BCUT2D eigenvalue weighted by molar-refractivity contribution is 0.892. The highest BCUT2D eigenvalue weighted by atomic mass is 16.1. The van der Waals surface area contributed by atoms with Gasteiger partial charge in [0.2, 0.25) is 0 Å². The third kappa shape index (κ3) is 1.76. The fourth-order valence-electron chi connectivity index (χ4n) is 2.56. The third-order valence-electron chi connectivity index (χ3n) is 3.68. The number of imidazole rings is 2. The van der Waals surface area contributed by atoms with Crippen molar-refractivity contribution in [2.45, 2.75) is 6.92 Å². The maximum atomic E-state index is 11.6. The average molecular weight is 279 g/mol. The molecule has 3 heterocycles. The van der Waals surface area contributed by atoms with Gasteiger partial charge in [-0.25, -0.2) is 9.78 Å². The first-order valence-electron chi connectivity index (χ1n) is 6.63. The van der Waals surface area contributed by atoms with E-state index in [1.54, 1.807) is 17.8 Å². The predicted octanol–water partition coefficient (Wildman–Crippen LogP) is 2.11.